The maximum Gasteiger partial charge on any atom is 0.339 e. The molecule has 1 aromatic heterocycles. The van der Waals surface area contributed by atoms with Crippen LogP contribution in [0.3, 0.4) is 0 Å². The van der Waals surface area contributed by atoms with Crippen molar-refractivity contribution in [2.45, 2.75) is 32.9 Å². The van der Waals surface area contributed by atoms with E-state index in [2.05, 4.69) is 9.71 Å². The number of nitrogens with zero attached hydrogens (tertiary/aromatic N) is 2. The fourth-order valence-electron chi connectivity index (χ4n) is 4.99. The van der Waals surface area contributed by atoms with Crippen molar-refractivity contribution in [3.63, 3.8) is 0 Å². The van der Waals surface area contributed by atoms with Crippen LogP contribution in [0, 0.1) is 5.82 Å². The summed E-state index contributed by atoms with van der Waals surface area (Å²) in [5, 5.41) is 0.127. The number of rotatable bonds is 12. The van der Waals surface area contributed by atoms with Crippen molar-refractivity contribution in [2.24, 2.45) is 0 Å². The minimum absolute atomic E-state index is 0.0571. The van der Waals surface area contributed by atoms with E-state index in [-0.39, 0.29) is 35.2 Å². The minimum Gasteiger partial charge on any atom is -0.755 e. The molecule has 8 nitrogen and oxygen atoms in total. The molecule has 1 N–H and O–H groups in total. The van der Waals surface area contributed by atoms with Gasteiger partial charge in [-0.25, -0.2) is 14.2 Å². The van der Waals surface area contributed by atoms with E-state index in [4.69, 9.17) is 16.3 Å². The Morgan fingerprint density at radius 3 is 2.38 bits per heavy atom. The quantitative estimate of drug-likeness (QED) is 0.0878. The van der Waals surface area contributed by atoms with Crippen LogP contribution in [0.2, 0.25) is 5.15 Å². The summed E-state index contributed by atoms with van der Waals surface area (Å²) in [5.74, 6) is -0.939. The lowest BCUT2D eigenvalue weighted by atomic mass is 9.98. The van der Waals surface area contributed by atoms with Crippen LogP contribution in [0.4, 0.5) is 10.1 Å². The highest BCUT2D eigenvalue weighted by Crippen LogP contribution is 2.30. The fraction of sp³-hybridized carbons (Fsp3) is 0.147. The third kappa shape index (κ3) is 7.37. The molecule has 0 saturated carbocycles. The SMILES string of the molecule is CCCc1nc(Cl)c(COC(=O)c2ccccc2C(=O)c2ccccc2)n1Cc1ccc(-c2ccccc2NS(=O)[O-])cc1F. The topological polar surface area (TPSA) is 113 Å². The van der Waals surface area contributed by atoms with Gasteiger partial charge in [0.25, 0.3) is 0 Å². The molecule has 0 saturated heterocycles. The molecule has 0 radical (unpaired) electrons. The molecule has 0 aliphatic rings. The average Bonchev–Trinajstić information content (AvgIpc) is 3.33. The van der Waals surface area contributed by atoms with Gasteiger partial charge in [-0.3, -0.25) is 9.00 Å². The lowest BCUT2D eigenvalue weighted by Crippen LogP contribution is -2.15. The molecule has 0 bridgehead atoms. The molecule has 0 spiro atoms. The van der Waals surface area contributed by atoms with Crippen LogP contribution in [0.5, 0.6) is 0 Å². The Hall–Kier alpha value is -4.64. The molecule has 11 heteroatoms. The van der Waals surface area contributed by atoms with Crippen LogP contribution in [-0.2, 0) is 35.6 Å². The van der Waals surface area contributed by atoms with Crippen molar-refractivity contribution in [1.29, 1.82) is 0 Å². The summed E-state index contributed by atoms with van der Waals surface area (Å²) >= 11 is 3.98. The summed E-state index contributed by atoms with van der Waals surface area (Å²) in [7, 11) is 0. The second kappa shape index (κ2) is 14.4. The molecule has 1 atom stereocenters. The predicted molar refractivity (Wildman–Crippen MR) is 170 cm³/mol. The zero-order valence-corrected chi connectivity index (χ0v) is 25.7. The van der Waals surface area contributed by atoms with Crippen molar-refractivity contribution in [2.75, 3.05) is 4.72 Å². The number of aryl methyl sites for hydroxylation is 1. The van der Waals surface area contributed by atoms with Crippen molar-refractivity contribution < 1.29 is 27.5 Å². The molecule has 45 heavy (non-hydrogen) atoms. The first-order valence-electron chi connectivity index (χ1n) is 14.1. The van der Waals surface area contributed by atoms with Crippen LogP contribution in [-0.4, -0.2) is 30.1 Å². The summed E-state index contributed by atoms with van der Waals surface area (Å²) < 4.78 is 47.7. The van der Waals surface area contributed by atoms with Gasteiger partial charge >= 0.3 is 5.97 Å². The Balaban J connectivity index is 1.40. The van der Waals surface area contributed by atoms with Gasteiger partial charge in [0.15, 0.2) is 10.9 Å². The number of ether oxygens (including phenoxy) is 1. The van der Waals surface area contributed by atoms with Crippen molar-refractivity contribution in [3.8, 4) is 11.1 Å². The number of nitrogens with one attached hydrogen (secondary N) is 1. The van der Waals surface area contributed by atoms with Gasteiger partial charge in [0, 0.05) is 39.9 Å². The van der Waals surface area contributed by atoms with Crippen molar-refractivity contribution in [3.05, 3.63) is 142 Å². The van der Waals surface area contributed by atoms with Crippen molar-refractivity contribution in [1.82, 2.24) is 9.55 Å². The molecule has 5 aromatic rings. The fourth-order valence-corrected chi connectivity index (χ4v) is 5.60. The predicted octanol–water partition coefficient (Wildman–Crippen LogP) is 7.14. The van der Waals surface area contributed by atoms with E-state index in [1.54, 1.807) is 89.5 Å². The summed E-state index contributed by atoms with van der Waals surface area (Å²) in [6.07, 6.45) is 1.29. The highest BCUT2D eigenvalue weighted by Gasteiger charge is 2.22. The van der Waals surface area contributed by atoms with E-state index in [0.717, 1.165) is 6.42 Å². The van der Waals surface area contributed by atoms with Crippen molar-refractivity contribution >= 4 is 40.3 Å². The van der Waals surface area contributed by atoms with E-state index in [1.807, 2.05) is 6.92 Å². The number of ketones is 1. The number of hydrogen-bond donors (Lipinski definition) is 1. The second-order valence-corrected chi connectivity index (χ2v) is 11.1. The van der Waals surface area contributed by atoms with Crippen LogP contribution in [0.15, 0.2) is 97.1 Å². The normalized spacial score (nSPS) is 11.6. The van der Waals surface area contributed by atoms with E-state index in [0.29, 0.717) is 45.9 Å². The number of para-hydroxylation sites is 1. The summed E-state index contributed by atoms with van der Waals surface area (Å²) in [6.45, 7) is 1.78. The standard InChI is InChI=1S/C34H29ClFN3O5S/c1-2-10-31-37-33(35)30(21-44-34(41)27-15-7-6-14-26(27)32(40)22-11-4-3-5-12-22)39(31)20-24-18-17-23(19-28(24)36)25-13-8-9-16-29(25)38-45(42)43/h3-9,11-19,38H,2,10,20-21H2,1H3,(H,42,43)/p-1. The Labute approximate surface area is 267 Å². The van der Waals surface area contributed by atoms with Gasteiger partial charge in [0.1, 0.15) is 18.2 Å². The highest BCUT2D eigenvalue weighted by atomic mass is 35.5. The summed E-state index contributed by atoms with van der Waals surface area (Å²) in [4.78, 5) is 30.9. The van der Waals surface area contributed by atoms with Gasteiger partial charge in [-0.05, 0) is 30.2 Å². The Bertz CT molecular complexity index is 1880. The number of hydrogen-bond acceptors (Lipinski definition) is 6. The first-order chi connectivity index (χ1) is 21.8. The third-order valence-corrected chi connectivity index (χ3v) is 7.85. The molecule has 0 aliphatic carbocycles. The second-order valence-electron chi connectivity index (χ2n) is 10.1. The van der Waals surface area contributed by atoms with Crippen LogP contribution < -0.4 is 4.72 Å². The molecule has 0 fully saturated rings. The summed E-state index contributed by atoms with van der Waals surface area (Å²) in [5.41, 5.74) is 2.80. The molecular formula is C34H28ClFN3O5S-. The summed E-state index contributed by atoms with van der Waals surface area (Å²) in [6, 6.07) is 26.4. The number of esters is 1. The van der Waals surface area contributed by atoms with Gasteiger partial charge < -0.3 is 18.6 Å². The molecule has 1 heterocycles. The van der Waals surface area contributed by atoms with Gasteiger partial charge in [0.2, 0.25) is 0 Å². The lowest BCUT2D eigenvalue weighted by molar-refractivity contribution is 0.0461. The maximum atomic E-state index is 15.5. The first kappa shape index (κ1) is 31.8. The average molecular weight is 645 g/mol. The number of carbonyl (C=O) groups is 2. The number of anilines is 1. The Kier molecular flexibility index (Phi) is 10.2. The first-order valence-corrected chi connectivity index (χ1v) is 15.6. The van der Waals surface area contributed by atoms with E-state index in [1.165, 1.54) is 12.1 Å². The molecule has 1 unspecified atom stereocenters. The molecule has 230 valence electrons. The number of aromatic nitrogens is 2. The Morgan fingerprint density at radius 2 is 1.67 bits per heavy atom. The van der Waals surface area contributed by atoms with E-state index >= 15 is 4.39 Å². The van der Waals surface area contributed by atoms with Crippen LogP contribution >= 0.6 is 11.6 Å². The van der Waals surface area contributed by atoms with Gasteiger partial charge in [-0.2, -0.15) is 0 Å². The zero-order valence-electron chi connectivity index (χ0n) is 24.2. The van der Waals surface area contributed by atoms with E-state index in [9.17, 15) is 18.4 Å². The van der Waals surface area contributed by atoms with Gasteiger partial charge in [0.05, 0.1) is 23.5 Å². The van der Waals surface area contributed by atoms with E-state index < -0.39 is 23.1 Å². The largest absolute Gasteiger partial charge is 0.755 e. The van der Waals surface area contributed by atoms with Gasteiger partial charge in [-0.1, -0.05) is 97.4 Å². The highest BCUT2D eigenvalue weighted by molar-refractivity contribution is 7.80. The van der Waals surface area contributed by atoms with Crippen LogP contribution in [0.1, 0.15) is 56.7 Å². The molecular weight excluding hydrogens is 617 g/mol. The third-order valence-electron chi connectivity index (χ3n) is 7.16. The maximum absolute atomic E-state index is 15.5. The van der Waals surface area contributed by atoms with Crippen LogP contribution in [0.25, 0.3) is 11.1 Å². The van der Waals surface area contributed by atoms with Gasteiger partial charge in [-0.15, -0.1) is 0 Å². The minimum atomic E-state index is -2.54. The Morgan fingerprint density at radius 1 is 0.978 bits per heavy atom. The number of carbonyl (C=O) groups excluding carboxylic acids is 2. The molecule has 5 rings (SSSR count). The zero-order chi connectivity index (χ0) is 31.9. The molecule has 0 aliphatic heterocycles. The number of imidazole rings is 1. The smallest absolute Gasteiger partial charge is 0.339 e. The number of halogens is 2. The number of benzene rings is 4. The molecule has 4 aromatic carbocycles. The molecule has 0 amide bonds. The monoisotopic (exact) mass is 644 g/mol. The lowest BCUT2D eigenvalue weighted by Gasteiger charge is -2.16.